The van der Waals surface area contributed by atoms with E-state index < -0.39 is 0 Å². The largest absolute Gasteiger partial charge is 0.461 e. The van der Waals surface area contributed by atoms with Crippen LogP contribution in [0.25, 0.3) is 11.5 Å². The molecule has 1 atom stereocenters. The molecule has 210 valence electrons. The van der Waals surface area contributed by atoms with Crippen molar-refractivity contribution in [2.75, 3.05) is 41.7 Å². The van der Waals surface area contributed by atoms with Crippen LogP contribution in [-0.4, -0.2) is 63.2 Å². The van der Waals surface area contributed by atoms with Crippen LogP contribution in [0.5, 0.6) is 0 Å². The van der Waals surface area contributed by atoms with E-state index in [0.29, 0.717) is 29.1 Å². The molecule has 0 bridgehead atoms. The fourth-order valence-corrected chi connectivity index (χ4v) is 5.09. The van der Waals surface area contributed by atoms with E-state index in [2.05, 4.69) is 57.9 Å². The molecule has 2 aliphatic heterocycles. The summed E-state index contributed by atoms with van der Waals surface area (Å²) >= 11 is 0. The number of aryl methyl sites for hydroxylation is 1. The Hall–Kier alpha value is -4.64. The summed E-state index contributed by atoms with van der Waals surface area (Å²) in [4.78, 5) is 37.2. The van der Waals surface area contributed by atoms with Gasteiger partial charge in [0.25, 0.3) is 0 Å². The van der Waals surface area contributed by atoms with Crippen molar-refractivity contribution in [2.45, 2.75) is 32.3 Å². The second kappa shape index (κ2) is 12.3. The molecule has 0 radical (unpaired) electrons. The van der Waals surface area contributed by atoms with Crippen LogP contribution >= 0.6 is 0 Å². The van der Waals surface area contributed by atoms with Crippen LogP contribution < -0.4 is 20.9 Å². The number of hydrogen-bond acceptors (Lipinski definition) is 11. The van der Waals surface area contributed by atoms with E-state index in [-0.39, 0.29) is 18.0 Å². The van der Waals surface area contributed by atoms with Crippen LogP contribution in [0.1, 0.15) is 25.0 Å². The Labute approximate surface area is 238 Å². The lowest BCUT2D eigenvalue weighted by molar-refractivity contribution is -0.153. The van der Waals surface area contributed by atoms with Gasteiger partial charge in [0.05, 0.1) is 5.92 Å². The summed E-state index contributed by atoms with van der Waals surface area (Å²) in [5, 5.41) is 9.74. The number of benzene rings is 1. The number of piperidine rings is 1. The van der Waals surface area contributed by atoms with Crippen molar-refractivity contribution in [3.8, 4) is 11.5 Å². The average Bonchev–Trinajstić information content (AvgIpc) is 3.51. The van der Waals surface area contributed by atoms with E-state index in [4.69, 9.17) is 4.74 Å². The number of carbonyl (C=O) groups excluding carboxylic acids is 1. The molecule has 3 aromatic heterocycles. The van der Waals surface area contributed by atoms with Gasteiger partial charge in [0.2, 0.25) is 5.95 Å². The molecule has 1 aromatic carbocycles. The van der Waals surface area contributed by atoms with E-state index in [1.807, 2.05) is 37.3 Å². The van der Waals surface area contributed by atoms with Gasteiger partial charge in [-0.25, -0.2) is 19.9 Å². The van der Waals surface area contributed by atoms with Gasteiger partial charge in [-0.15, -0.1) is 0 Å². The third-order valence-corrected chi connectivity index (χ3v) is 7.30. The van der Waals surface area contributed by atoms with Gasteiger partial charge in [-0.3, -0.25) is 4.79 Å². The van der Waals surface area contributed by atoms with E-state index in [1.165, 1.54) is 0 Å². The topological polar surface area (TPSA) is 130 Å². The first-order chi connectivity index (χ1) is 20.1. The summed E-state index contributed by atoms with van der Waals surface area (Å²) in [5.41, 5.74) is 3.62. The highest BCUT2D eigenvalue weighted by atomic mass is 16.5. The molecule has 5 heterocycles. The number of pyridine rings is 1. The van der Waals surface area contributed by atoms with Gasteiger partial charge >= 0.3 is 5.97 Å². The molecule has 2 fully saturated rings. The van der Waals surface area contributed by atoms with Gasteiger partial charge in [0, 0.05) is 49.1 Å². The van der Waals surface area contributed by atoms with Crippen LogP contribution in [0.15, 0.2) is 67.0 Å². The molecule has 6 rings (SSSR count). The minimum atomic E-state index is -0.0435. The highest BCUT2D eigenvalue weighted by Crippen LogP contribution is 2.27. The van der Waals surface area contributed by atoms with Crippen LogP contribution in [0, 0.1) is 12.8 Å². The Morgan fingerprint density at radius 3 is 2.44 bits per heavy atom. The molecule has 0 unspecified atom stereocenters. The number of hydrogen-bond donors (Lipinski definition) is 3. The Kier molecular flexibility index (Phi) is 7.94. The summed E-state index contributed by atoms with van der Waals surface area (Å²) in [6, 6.07) is 17.5. The Morgan fingerprint density at radius 1 is 0.902 bits per heavy atom. The highest BCUT2D eigenvalue weighted by molar-refractivity contribution is 5.73. The van der Waals surface area contributed by atoms with E-state index in [0.717, 1.165) is 62.5 Å². The van der Waals surface area contributed by atoms with Gasteiger partial charge in [-0.05, 0) is 81.3 Å². The van der Waals surface area contributed by atoms with E-state index in [9.17, 15) is 4.79 Å². The number of anilines is 5. The lowest BCUT2D eigenvalue weighted by Gasteiger charge is -2.33. The standard InChI is InChI=1S/C30H33N9O2/c1-20-3-2-4-25(34-20)28-32-15-10-26(37-28)36-27-11-16-33-30(38-27)35-22-5-7-23(8-6-22)39-17-12-21(13-18-39)29(40)41-24-9-14-31-19-24/h2-8,10-11,15-16,21,24,31H,9,12-14,17-19H2,1H3,(H2,32,33,35,36,37,38)/t24-/m0/s1. The maximum atomic E-state index is 12.5. The van der Waals surface area contributed by atoms with E-state index in [1.54, 1.807) is 24.5 Å². The summed E-state index contributed by atoms with van der Waals surface area (Å²) in [7, 11) is 0. The molecule has 2 aliphatic rings. The number of esters is 1. The molecule has 41 heavy (non-hydrogen) atoms. The first-order valence-corrected chi connectivity index (χ1v) is 14.0. The van der Waals surface area contributed by atoms with Crippen LogP contribution in [-0.2, 0) is 9.53 Å². The first-order valence-electron chi connectivity index (χ1n) is 14.0. The second-order valence-electron chi connectivity index (χ2n) is 10.3. The number of aromatic nitrogens is 5. The smallest absolute Gasteiger partial charge is 0.309 e. The number of nitrogens with one attached hydrogen (secondary N) is 3. The molecule has 4 aromatic rings. The number of nitrogens with zero attached hydrogens (tertiary/aromatic N) is 6. The SMILES string of the molecule is Cc1cccc(-c2nccc(Nc3ccnc(Nc4ccc(N5CCC(C(=O)O[C@H]6CCNC6)CC5)cc4)n3)n2)n1. The van der Waals surface area contributed by atoms with E-state index >= 15 is 0 Å². The highest BCUT2D eigenvalue weighted by Gasteiger charge is 2.29. The fourth-order valence-electron chi connectivity index (χ4n) is 5.09. The van der Waals surface area contributed by atoms with Crippen molar-refractivity contribution < 1.29 is 9.53 Å². The normalized spacial score (nSPS) is 17.3. The molecule has 11 heteroatoms. The molecule has 3 N–H and O–H groups in total. The number of carbonyl (C=O) groups is 1. The predicted molar refractivity (Wildman–Crippen MR) is 157 cm³/mol. The van der Waals surface area contributed by atoms with Crippen molar-refractivity contribution in [3.63, 3.8) is 0 Å². The van der Waals surface area contributed by atoms with Crippen molar-refractivity contribution in [3.05, 3.63) is 72.7 Å². The molecule has 0 saturated carbocycles. The van der Waals surface area contributed by atoms with Gasteiger partial charge in [0.15, 0.2) is 5.82 Å². The minimum absolute atomic E-state index is 0.0148. The monoisotopic (exact) mass is 551 g/mol. The van der Waals surface area contributed by atoms with Crippen molar-refractivity contribution in [1.29, 1.82) is 0 Å². The van der Waals surface area contributed by atoms with Gasteiger partial charge < -0.3 is 25.6 Å². The third kappa shape index (κ3) is 6.75. The minimum Gasteiger partial charge on any atom is -0.461 e. The zero-order valence-corrected chi connectivity index (χ0v) is 23.0. The third-order valence-electron chi connectivity index (χ3n) is 7.30. The first kappa shape index (κ1) is 26.6. The van der Waals surface area contributed by atoms with Crippen molar-refractivity contribution in [1.82, 2.24) is 30.2 Å². The van der Waals surface area contributed by atoms with Crippen LogP contribution in [0.3, 0.4) is 0 Å². The molecular weight excluding hydrogens is 518 g/mol. The molecule has 0 aliphatic carbocycles. The summed E-state index contributed by atoms with van der Waals surface area (Å²) in [6.45, 7) is 5.29. The second-order valence-corrected chi connectivity index (χ2v) is 10.3. The fraction of sp³-hybridized carbons (Fsp3) is 0.333. The maximum absolute atomic E-state index is 12.5. The predicted octanol–water partition coefficient (Wildman–Crippen LogP) is 4.25. The maximum Gasteiger partial charge on any atom is 0.309 e. The molecule has 0 spiro atoms. The van der Waals surface area contributed by atoms with Crippen LogP contribution in [0.2, 0.25) is 0 Å². The van der Waals surface area contributed by atoms with Crippen molar-refractivity contribution >= 4 is 34.9 Å². The summed E-state index contributed by atoms with van der Waals surface area (Å²) in [6.07, 6.45) is 5.94. The molecule has 2 saturated heterocycles. The Morgan fingerprint density at radius 2 is 1.68 bits per heavy atom. The molecule has 11 nitrogen and oxygen atoms in total. The summed E-state index contributed by atoms with van der Waals surface area (Å²) in [5.74, 6) is 2.16. The zero-order valence-electron chi connectivity index (χ0n) is 23.0. The lowest BCUT2D eigenvalue weighted by Crippen LogP contribution is -2.38. The average molecular weight is 552 g/mol. The van der Waals surface area contributed by atoms with Gasteiger partial charge in [-0.1, -0.05) is 6.07 Å². The molecule has 0 amide bonds. The zero-order chi connectivity index (χ0) is 28.0. The number of rotatable bonds is 8. The molecular formula is C30H33N9O2. The summed E-state index contributed by atoms with van der Waals surface area (Å²) < 4.78 is 5.68. The lowest BCUT2D eigenvalue weighted by atomic mass is 9.96. The van der Waals surface area contributed by atoms with Gasteiger partial charge in [0.1, 0.15) is 23.4 Å². The Balaban J connectivity index is 1.04. The van der Waals surface area contributed by atoms with Crippen molar-refractivity contribution in [2.24, 2.45) is 5.92 Å². The number of ether oxygens (including phenoxy) is 1. The quantitative estimate of drug-likeness (QED) is 0.272. The van der Waals surface area contributed by atoms with Gasteiger partial charge in [-0.2, -0.15) is 4.98 Å². The van der Waals surface area contributed by atoms with Crippen LogP contribution in [0.4, 0.5) is 29.0 Å². The Bertz CT molecular complexity index is 1480.